The van der Waals surface area contributed by atoms with E-state index in [1.165, 1.54) is 22.5 Å². The van der Waals surface area contributed by atoms with Crippen LogP contribution in [0.25, 0.3) is 0 Å². The highest BCUT2D eigenvalue weighted by Gasteiger charge is 2.28. The minimum absolute atomic E-state index is 0.0325. The molecule has 1 heterocycles. The van der Waals surface area contributed by atoms with Crippen molar-refractivity contribution in [1.29, 1.82) is 0 Å². The zero-order valence-electron chi connectivity index (χ0n) is 16.5. The Kier molecular flexibility index (Phi) is 6.34. The molecule has 0 amide bonds. The van der Waals surface area contributed by atoms with E-state index in [4.69, 9.17) is 4.74 Å². The Labute approximate surface area is 174 Å². The summed E-state index contributed by atoms with van der Waals surface area (Å²) in [7, 11) is -3.87. The Morgan fingerprint density at radius 2 is 1.93 bits per heavy atom. The summed E-state index contributed by atoms with van der Waals surface area (Å²) in [5.74, 6) is 0.0325. The van der Waals surface area contributed by atoms with Crippen molar-refractivity contribution in [3.63, 3.8) is 0 Å². The summed E-state index contributed by atoms with van der Waals surface area (Å²) in [5.41, 5.74) is 4.03. The minimum Gasteiger partial charge on any atom is -0.507 e. The minimum atomic E-state index is -3.87. The highest BCUT2D eigenvalue weighted by Crippen LogP contribution is 2.29. The lowest BCUT2D eigenvalue weighted by Gasteiger charge is -2.26. The lowest BCUT2D eigenvalue weighted by molar-refractivity contribution is -0.384. The molecule has 0 aromatic heterocycles. The molecule has 1 fully saturated rings. The van der Waals surface area contributed by atoms with E-state index in [1.807, 2.05) is 6.92 Å². The first-order chi connectivity index (χ1) is 14.2. The van der Waals surface area contributed by atoms with Crippen LogP contribution in [0, 0.1) is 17.0 Å². The van der Waals surface area contributed by atoms with Gasteiger partial charge in [0.25, 0.3) is 5.69 Å². The number of aryl methyl sites for hydroxylation is 1. The smallest absolute Gasteiger partial charge is 0.295 e. The maximum atomic E-state index is 12.8. The van der Waals surface area contributed by atoms with Crippen LogP contribution in [0.5, 0.6) is 5.75 Å². The molecular weight excluding hydrogens is 412 g/mol. The highest BCUT2D eigenvalue weighted by molar-refractivity contribution is 7.89. The van der Waals surface area contributed by atoms with Crippen molar-refractivity contribution in [2.24, 2.45) is 5.10 Å². The number of aromatic hydroxyl groups is 1. The van der Waals surface area contributed by atoms with Crippen LogP contribution >= 0.6 is 0 Å². The third-order valence-corrected chi connectivity index (χ3v) is 6.55. The van der Waals surface area contributed by atoms with Gasteiger partial charge >= 0.3 is 0 Å². The second-order valence-corrected chi connectivity index (χ2v) is 8.72. The van der Waals surface area contributed by atoms with E-state index in [0.29, 0.717) is 11.3 Å². The summed E-state index contributed by atoms with van der Waals surface area (Å²) in [4.78, 5) is 10.7. The number of nitro benzene ring substituents is 1. The maximum absolute atomic E-state index is 12.8. The van der Waals surface area contributed by atoms with Crippen molar-refractivity contribution in [1.82, 2.24) is 4.31 Å². The van der Waals surface area contributed by atoms with Crippen molar-refractivity contribution >= 4 is 27.1 Å². The Morgan fingerprint density at radius 3 is 2.60 bits per heavy atom. The molecule has 0 unspecified atom stereocenters. The van der Waals surface area contributed by atoms with Gasteiger partial charge in [0, 0.05) is 24.7 Å². The Balaban J connectivity index is 1.90. The van der Waals surface area contributed by atoms with Crippen LogP contribution < -0.4 is 5.43 Å². The number of hydrogen-bond acceptors (Lipinski definition) is 8. The molecule has 0 aliphatic carbocycles. The van der Waals surface area contributed by atoms with Gasteiger partial charge in [-0.15, -0.1) is 0 Å². The summed E-state index contributed by atoms with van der Waals surface area (Å²) in [6.45, 7) is 4.45. The number of hydrazone groups is 1. The zero-order valence-corrected chi connectivity index (χ0v) is 17.3. The first kappa shape index (κ1) is 21.7. The Hall–Kier alpha value is -3.02. The molecule has 30 heavy (non-hydrogen) atoms. The number of nitro groups is 1. The molecular formula is C19H22N4O6S. The lowest BCUT2D eigenvalue weighted by Crippen LogP contribution is -2.40. The summed E-state index contributed by atoms with van der Waals surface area (Å²) < 4.78 is 31.9. The van der Waals surface area contributed by atoms with Gasteiger partial charge in [-0.3, -0.25) is 15.5 Å². The number of ether oxygens (including phenoxy) is 1. The molecule has 1 aliphatic rings. The van der Waals surface area contributed by atoms with Crippen molar-refractivity contribution < 1.29 is 23.2 Å². The average molecular weight is 434 g/mol. The first-order valence-electron chi connectivity index (χ1n) is 9.17. The highest BCUT2D eigenvalue weighted by atomic mass is 32.2. The summed E-state index contributed by atoms with van der Waals surface area (Å²) in [5, 5.41) is 25.7. The van der Waals surface area contributed by atoms with Crippen LogP contribution in [0.15, 0.2) is 46.4 Å². The normalized spacial score (nSPS) is 15.7. The SMILES string of the molecule is CC(=NNc1ccc(S(=O)(=O)N2CCOCC2)cc1[N+](=O)[O-])c1cc(C)ccc1O. The fourth-order valence-corrected chi connectivity index (χ4v) is 4.43. The zero-order chi connectivity index (χ0) is 21.9. The van der Waals surface area contributed by atoms with E-state index in [0.717, 1.165) is 11.6 Å². The predicted octanol–water partition coefficient (Wildman–Crippen LogP) is 2.47. The van der Waals surface area contributed by atoms with Gasteiger partial charge < -0.3 is 9.84 Å². The molecule has 0 atom stereocenters. The van der Waals surface area contributed by atoms with E-state index in [-0.39, 0.29) is 42.6 Å². The third kappa shape index (κ3) is 4.58. The van der Waals surface area contributed by atoms with E-state index in [9.17, 15) is 23.6 Å². The fraction of sp³-hybridized carbons (Fsp3) is 0.316. The standard InChI is InChI=1S/C19H22N4O6S/c1-13-3-6-19(24)16(11-13)14(2)20-21-17-5-4-15(12-18(17)23(25)26)30(27,28)22-7-9-29-10-8-22/h3-6,11-12,21,24H,7-10H2,1-2H3. The molecule has 0 saturated carbocycles. The average Bonchev–Trinajstić information content (AvgIpc) is 2.74. The van der Waals surface area contributed by atoms with Crippen molar-refractivity contribution in [3.8, 4) is 5.75 Å². The molecule has 11 heteroatoms. The van der Waals surface area contributed by atoms with Gasteiger partial charge in [-0.05, 0) is 38.1 Å². The van der Waals surface area contributed by atoms with Gasteiger partial charge in [0.1, 0.15) is 11.4 Å². The predicted molar refractivity (Wildman–Crippen MR) is 111 cm³/mol. The van der Waals surface area contributed by atoms with Crippen LogP contribution in [-0.2, 0) is 14.8 Å². The van der Waals surface area contributed by atoms with Crippen LogP contribution in [-0.4, -0.2) is 54.8 Å². The van der Waals surface area contributed by atoms with Gasteiger partial charge in [-0.25, -0.2) is 8.42 Å². The molecule has 10 nitrogen and oxygen atoms in total. The largest absolute Gasteiger partial charge is 0.507 e. The molecule has 2 N–H and O–H groups in total. The van der Waals surface area contributed by atoms with Crippen molar-refractivity contribution in [3.05, 3.63) is 57.6 Å². The molecule has 0 radical (unpaired) electrons. The second kappa shape index (κ2) is 8.78. The van der Waals surface area contributed by atoms with Crippen LogP contribution in [0.2, 0.25) is 0 Å². The number of nitrogens with zero attached hydrogens (tertiary/aromatic N) is 3. The number of morpholine rings is 1. The van der Waals surface area contributed by atoms with E-state index in [1.54, 1.807) is 19.1 Å². The number of benzene rings is 2. The quantitative estimate of drug-likeness (QED) is 0.405. The number of hydrogen-bond donors (Lipinski definition) is 2. The van der Waals surface area contributed by atoms with Crippen molar-refractivity contribution in [2.75, 3.05) is 31.7 Å². The monoisotopic (exact) mass is 434 g/mol. The third-order valence-electron chi connectivity index (χ3n) is 4.66. The maximum Gasteiger partial charge on any atom is 0.295 e. The van der Waals surface area contributed by atoms with Gasteiger partial charge in [-0.1, -0.05) is 11.6 Å². The Bertz CT molecular complexity index is 1090. The van der Waals surface area contributed by atoms with Gasteiger partial charge in [0.05, 0.1) is 28.7 Å². The fourth-order valence-electron chi connectivity index (χ4n) is 3.00. The molecule has 0 bridgehead atoms. The molecule has 2 aromatic carbocycles. The lowest BCUT2D eigenvalue weighted by atomic mass is 10.1. The molecule has 1 saturated heterocycles. The second-order valence-electron chi connectivity index (χ2n) is 6.78. The molecule has 160 valence electrons. The summed E-state index contributed by atoms with van der Waals surface area (Å²) in [6.07, 6.45) is 0. The number of anilines is 1. The van der Waals surface area contributed by atoms with Crippen LogP contribution in [0.1, 0.15) is 18.1 Å². The van der Waals surface area contributed by atoms with Gasteiger partial charge in [-0.2, -0.15) is 9.41 Å². The van der Waals surface area contributed by atoms with E-state index >= 15 is 0 Å². The van der Waals surface area contributed by atoms with Crippen molar-refractivity contribution in [2.45, 2.75) is 18.7 Å². The molecule has 3 rings (SSSR count). The van der Waals surface area contributed by atoms with Crippen LogP contribution in [0.3, 0.4) is 0 Å². The summed E-state index contributed by atoms with van der Waals surface area (Å²) in [6, 6.07) is 8.65. The van der Waals surface area contributed by atoms with Gasteiger partial charge in [0.2, 0.25) is 10.0 Å². The van der Waals surface area contributed by atoms with Gasteiger partial charge in [0.15, 0.2) is 0 Å². The number of rotatable bonds is 6. The molecule has 1 aliphatic heterocycles. The molecule has 2 aromatic rings. The number of phenols is 1. The number of nitrogens with one attached hydrogen (secondary N) is 1. The van der Waals surface area contributed by atoms with E-state index in [2.05, 4.69) is 10.5 Å². The number of phenolic OH excluding ortho intramolecular Hbond substituents is 1. The topological polar surface area (TPSA) is 134 Å². The summed E-state index contributed by atoms with van der Waals surface area (Å²) >= 11 is 0. The van der Waals surface area contributed by atoms with E-state index < -0.39 is 20.6 Å². The first-order valence-corrected chi connectivity index (χ1v) is 10.6. The van der Waals surface area contributed by atoms with Crippen LogP contribution in [0.4, 0.5) is 11.4 Å². The number of sulfonamides is 1. The molecule has 0 spiro atoms. The Morgan fingerprint density at radius 1 is 1.23 bits per heavy atom.